The van der Waals surface area contributed by atoms with Crippen LogP contribution >= 0.6 is 22.6 Å². The fourth-order valence-electron chi connectivity index (χ4n) is 3.24. The molecule has 1 aliphatic heterocycles. The number of nitrogens with zero attached hydrogens (tertiary/aromatic N) is 3. The first-order valence-electron chi connectivity index (χ1n) is 8.88. The molecule has 1 aliphatic rings. The second kappa shape index (κ2) is 8.10. The van der Waals surface area contributed by atoms with Crippen LogP contribution in [0.25, 0.3) is 0 Å². The Morgan fingerprint density at radius 1 is 1.07 bits per heavy atom. The molecule has 2 heterocycles. The number of carbonyl (C=O) groups is 1. The van der Waals surface area contributed by atoms with Crippen LogP contribution in [0.5, 0.6) is 5.75 Å². The fraction of sp³-hybridized carbons (Fsp3) is 0.136. The van der Waals surface area contributed by atoms with Gasteiger partial charge in [-0.25, -0.2) is 0 Å². The normalized spacial score (nSPS) is 16.6. The van der Waals surface area contributed by atoms with E-state index in [0.29, 0.717) is 6.42 Å². The first-order valence-corrected chi connectivity index (χ1v) is 9.96. The number of rotatable bonds is 4. The van der Waals surface area contributed by atoms with E-state index >= 15 is 0 Å². The average molecular weight is 483 g/mol. The topological polar surface area (TPSA) is 54.8 Å². The molecular weight excluding hydrogens is 465 g/mol. The minimum Gasteiger partial charge on any atom is -0.497 e. The molecule has 1 unspecified atom stereocenters. The number of carbonyl (C=O) groups excluding carboxylic acids is 1. The van der Waals surface area contributed by atoms with E-state index in [2.05, 4.69) is 32.7 Å². The van der Waals surface area contributed by atoms with Crippen LogP contribution in [-0.4, -0.2) is 23.7 Å². The van der Waals surface area contributed by atoms with Gasteiger partial charge >= 0.3 is 0 Å². The molecule has 1 aromatic heterocycles. The van der Waals surface area contributed by atoms with Gasteiger partial charge in [0.2, 0.25) is 0 Å². The quantitative estimate of drug-likeness (QED) is 0.509. The predicted octanol–water partition coefficient (Wildman–Crippen LogP) is 4.62. The summed E-state index contributed by atoms with van der Waals surface area (Å²) >= 11 is 2.23. The van der Waals surface area contributed by atoms with Crippen LogP contribution in [0.2, 0.25) is 0 Å². The standard InChI is InChI=1S/C22H18IN3O2/c1-28-16-8-6-7-15(13-16)17-14-20(19-10-4-5-12-24-19)25-26(22(17)27)21-11-3-2-9-18(21)23/h2-13,17H,14H2,1H3. The zero-order valence-electron chi connectivity index (χ0n) is 15.2. The molecule has 6 heteroatoms. The van der Waals surface area contributed by atoms with Gasteiger partial charge in [0.15, 0.2) is 0 Å². The van der Waals surface area contributed by atoms with Crippen molar-refractivity contribution in [2.75, 3.05) is 12.1 Å². The monoisotopic (exact) mass is 483 g/mol. The predicted molar refractivity (Wildman–Crippen MR) is 118 cm³/mol. The molecule has 0 saturated carbocycles. The SMILES string of the molecule is COc1cccc(C2CC(c3ccccn3)=NN(c3ccccc3I)C2=O)c1. The Morgan fingerprint density at radius 2 is 1.89 bits per heavy atom. The Morgan fingerprint density at radius 3 is 2.64 bits per heavy atom. The van der Waals surface area contributed by atoms with Gasteiger partial charge in [-0.2, -0.15) is 10.1 Å². The maximum atomic E-state index is 13.4. The van der Waals surface area contributed by atoms with Crippen molar-refractivity contribution in [3.63, 3.8) is 0 Å². The summed E-state index contributed by atoms with van der Waals surface area (Å²) < 4.78 is 6.32. The van der Waals surface area contributed by atoms with Crippen LogP contribution in [0.3, 0.4) is 0 Å². The lowest BCUT2D eigenvalue weighted by Crippen LogP contribution is -2.38. The third-order valence-corrected chi connectivity index (χ3v) is 5.57. The van der Waals surface area contributed by atoms with Crippen LogP contribution in [-0.2, 0) is 4.79 Å². The molecule has 0 bridgehead atoms. The van der Waals surface area contributed by atoms with Gasteiger partial charge in [-0.15, -0.1) is 0 Å². The number of halogens is 1. The van der Waals surface area contributed by atoms with E-state index in [4.69, 9.17) is 4.74 Å². The maximum Gasteiger partial charge on any atom is 0.255 e. The first kappa shape index (κ1) is 18.6. The number of hydrogen-bond acceptors (Lipinski definition) is 4. The van der Waals surface area contributed by atoms with Gasteiger partial charge in [0.05, 0.1) is 30.1 Å². The number of aromatic nitrogens is 1. The number of hydrogen-bond donors (Lipinski definition) is 0. The Kier molecular flexibility index (Phi) is 5.38. The average Bonchev–Trinajstić information content (AvgIpc) is 2.75. The second-order valence-electron chi connectivity index (χ2n) is 6.40. The zero-order chi connectivity index (χ0) is 19.5. The first-order chi connectivity index (χ1) is 13.7. The summed E-state index contributed by atoms with van der Waals surface area (Å²) in [6, 6.07) is 21.1. The van der Waals surface area contributed by atoms with Gasteiger partial charge in [0.1, 0.15) is 5.75 Å². The summed E-state index contributed by atoms with van der Waals surface area (Å²) in [7, 11) is 1.63. The number of methoxy groups -OCH3 is 1. The van der Waals surface area contributed by atoms with E-state index in [1.165, 1.54) is 5.01 Å². The number of amides is 1. The van der Waals surface area contributed by atoms with Crippen molar-refractivity contribution in [3.8, 4) is 5.75 Å². The fourth-order valence-corrected chi connectivity index (χ4v) is 3.86. The molecule has 3 aromatic rings. The van der Waals surface area contributed by atoms with Gasteiger partial charge in [-0.3, -0.25) is 9.78 Å². The van der Waals surface area contributed by atoms with Gasteiger partial charge in [-0.05, 0) is 64.6 Å². The largest absolute Gasteiger partial charge is 0.497 e. The van der Waals surface area contributed by atoms with Crippen molar-refractivity contribution >= 4 is 39.9 Å². The summed E-state index contributed by atoms with van der Waals surface area (Å²) in [6.45, 7) is 0. The molecule has 0 spiro atoms. The van der Waals surface area contributed by atoms with E-state index in [0.717, 1.165) is 32.0 Å². The molecule has 0 fully saturated rings. The molecule has 4 rings (SSSR count). The van der Waals surface area contributed by atoms with Crippen LogP contribution < -0.4 is 9.75 Å². The number of hydrazone groups is 1. The lowest BCUT2D eigenvalue weighted by molar-refractivity contribution is -0.120. The molecule has 1 amide bonds. The third kappa shape index (κ3) is 3.64. The smallest absolute Gasteiger partial charge is 0.255 e. The molecular formula is C22H18IN3O2. The Hall–Kier alpha value is -2.74. The highest BCUT2D eigenvalue weighted by molar-refractivity contribution is 14.1. The highest BCUT2D eigenvalue weighted by atomic mass is 127. The molecule has 5 nitrogen and oxygen atoms in total. The van der Waals surface area contributed by atoms with E-state index < -0.39 is 0 Å². The summed E-state index contributed by atoms with van der Waals surface area (Å²) in [5.41, 5.74) is 3.24. The molecule has 2 aromatic carbocycles. The highest BCUT2D eigenvalue weighted by Crippen LogP contribution is 2.34. The van der Waals surface area contributed by atoms with Crippen LogP contribution in [0.1, 0.15) is 23.6 Å². The molecule has 140 valence electrons. The number of para-hydroxylation sites is 1. The van der Waals surface area contributed by atoms with Gasteiger partial charge < -0.3 is 4.74 Å². The number of anilines is 1. The van der Waals surface area contributed by atoms with E-state index in [1.807, 2.05) is 66.7 Å². The summed E-state index contributed by atoms with van der Waals surface area (Å²) in [4.78, 5) is 17.9. The Labute approximate surface area is 177 Å². The van der Waals surface area contributed by atoms with Crippen molar-refractivity contribution in [2.24, 2.45) is 5.10 Å². The molecule has 28 heavy (non-hydrogen) atoms. The maximum absolute atomic E-state index is 13.4. The molecule has 0 aliphatic carbocycles. The highest BCUT2D eigenvalue weighted by Gasteiger charge is 2.34. The van der Waals surface area contributed by atoms with E-state index in [1.54, 1.807) is 13.3 Å². The Bertz CT molecular complexity index is 1040. The zero-order valence-corrected chi connectivity index (χ0v) is 17.4. The Balaban J connectivity index is 1.82. The minimum absolute atomic E-state index is 0.0583. The molecule has 0 saturated heterocycles. The molecule has 0 radical (unpaired) electrons. The third-order valence-electron chi connectivity index (χ3n) is 4.66. The lowest BCUT2D eigenvalue weighted by atomic mass is 9.89. The van der Waals surface area contributed by atoms with Gasteiger partial charge in [0.25, 0.3) is 5.91 Å². The minimum atomic E-state index is -0.361. The van der Waals surface area contributed by atoms with E-state index in [-0.39, 0.29) is 11.8 Å². The molecule has 1 atom stereocenters. The van der Waals surface area contributed by atoms with Gasteiger partial charge in [0, 0.05) is 16.2 Å². The van der Waals surface area contributed by atoms with Crippen molar-refractivity contribution in [1.29, 1.82) is 0 Å². The lowest BCUT2D eigenvalue weighted by Gasteiger charge is -2.30. The van der Waals surface area contributed by atoms with Crippen molar-refractivity contribution in [1.82, 2.24) is 4.98 Å². The summed E-state index contributed by atoms with van der Waals surface area (Å²) in [5.74, 6) is 0.311. The second-order valence-corrected chi connectivity index (χ2v) is 7.56. The summed E-state index contributed by atoms with van der Waals surface area (Å²) in [6.07, 6.45) is 2.23. The van der Waals surface area contributed by atoms with Crippen molar-refractivity contribution in [2.45, 2.75) is 12.3 Å². The number of ether oxygens (including phenoxy) is 1. The van der Waals surface area contributed by atoms with Crippen LogP contribution in [0.15, 0.2) is 78.0 Å². The van der Waals surface area contributed by atoms with Crippen molar-refractivity contribution < 1.29 is 9.53 Å². The van der Waals surface area contributed by atoms with Gasteiger partial charge in [-0.1, -0.05) is 30.3 Å². The molecule has 0 N–H and O–H groups in total. The number of pyridine rings is 1. The van der Waals surface area contributed by atoms with Crippen LogP contribution in [0.4, 0.5) is 5.69 Å². The number of benzene rings is 2. The summed E-state index contributed by atoms with van der Waals surface area (Å²) in [5, 5.41) is 6.20. The van der Waals surface area contributed by atoms with E-state index in [9.17, 15) is 4.79 Å². The van der Waals surface area contributed by atoms with Crippen molar-refractivity contribution in [3.05, 3.63) is 87.8 Å². The van der Waals surface area contributed by atoms with Crippen LogP contribution in [0, 0.1) is 3.57 Å².